The summed E-state index contributed by atoms with van der Waals surface area (Å²) in [7, 11) is 0. The van der Waals surface area contributed by atoms with E-state index in [9.17, 15) is 4.79 Å². The number of aromatic nitrogens is 2. The lowest BCUT2D eigenvalue weighted by Crippen LogP contribution is -2.44. The van der Waals surface area contributed by atoms with Crippen molar-refractivity contribution in [2.45, 2.75) is 71.8 Å². The Morgan fingerprint density at radius 2 is 1.86 bits per heavy atom. The first-order chi connectivity index (χ1) is 14.0. The van der Waals surface area contributed by atoms with Crippen molar-refractivity contribution in [2.24, 2.45) is 0 Å². The van der Waals surface area contributed by atoms with E-state index >= 15 is 0 Å². The van der Waals surface area contributed by atoms with Gasteiger partial charge in [0.15, 0.2) is 5.82 Å². The molecule has 0 aliphatic carbocycles. The van der Waals surface area contributed by atoms with Crippen LogP contribution in [0, 0.1) is 0 Å². The van der Waals surface area contributed by atoms with Crippen LogP contribution in [-0.4, -0.2) is 46.2 Å². The van der Waals surface area contributed by atoms with Gasteiger partial charge < -0.3 is 14.6 Å². The Labute approximate surface area is 172 Å². The molecule has 1 N–H and O–H groups in total. The monoisotopic (exact) mass is 400 g/mol. The number of ether oxygens (including phenoxy) is 1. The molecule has 1 aliphatic rings. The summed E-state index contributed by atoms with van der Waals surface area (Å²) in [5.74, 6) is 1.36. The van der Waals surface area contributed by atoms with Crippen molar-refractivity contribution in [1.82, 2.24) is 20.4 Å². The number of carbonyl (C=O) groups is 1. The van der Waals surface area contributed by atoms with Crippen LogP contribution in [0.2, 0.25) is 0 Å². The zero-order valence-electron chi connectivity index (χ0n) is 17.7. The number of aryl methyl sites for hydroxylation is 2. The third-order valence-corrected chi connectivity index (χ3v) is 5.03. The molecule has 2 atom stereocenters. The number of amides is 1. The van der Waals surface area contributed by atoms with E-state index in [0.29, 0.717) is 37.5 Å². The molecule has 2 unspecified atom stereocenters. The fourth-order valence-electron chi connectivity index (χ4n) is 3.66. The number of nitrogens with zero attached hydrogens (tertiary/aromatic N) is 3. The summed E-state index contributed by atoms with van der Waals surface area (Å²) in [5, 5.41) is 6.85. The zero-order valence-corrected chi connectivity index (χ0v) is 17.7. The Bertz CT molecular complexity index is 765. The summed E-state index contributed by atoms with van der Waals surface area (Å²) in [6.45, 7) is 9.64. The van der Waals surface area contributed by atoms with Crippen LogP contribution in [0.4, 0.5) is 0 Å². The molecule has 7 nitrogen and oxygen atoms in total. The van der Waals surface area contributed by atoms with Crippen molar-refractivity contribution < 1.29 is 14.1 Å². The minimum atomic E-state index is 0.0422. The molecule has 1 aromatic heterocycles. The normalized spacial score (nSPS) is 20.0. The molecular weight excluding hydrogens is 368 g/mol. The average Bonchev–Trinajstić information content (AvgIpc) is 3.15. The van der Waals surface area contributed by atoms with Crippen LogP contribution in [0.15, 0.2) is 28.8 Å². The number of carbonyl (C=O) groups excluding carboxylic acids is 1. The van der Waals surface area contributed by atoms with Gasteiger partial charge in [0.2, 0.25) is 11.8 Å². The van der Waals surface area contributed by atoms with Crippen molar-refractivity contribution in [3.8, 4) is 0 Å². The van der Waals surface area contributed by atoms with Crippen LogP contribution in [0.3, 0.4) is 0 Å². The molecular formula is C22H32N4O3. The number of morpholine rings is 1. The first-order valence-electron chi connectivity index (χ1n) is 10.6. The van der Waals surface area contributed by atoms with Crippen LogP contribution in [0.1, 0.15) is 56.5 Å². The lowest BCUT2D eigenvalue weighted by Gasteiger charge is -2.35. The molecule has 1 aromatic carbocycles. The fourth-order valence-corrected chi connectivity index (χ4v) is 3.66. The van der Waals surface area contributed by atoms with Gasteiger partial charge in [0.1, 0.15) is 0 Å². The molecule has 0 spiro atoms. The average molecular weight is 401 g/mol. The maximum Gasteiger partial charge on any atom is 0.226 e. The van der Waals surface area contributed by atoms with Crippen molar-refractivity contribution >= 4 is 5.91 Å². The highest BCUT2D eigenvalue weighted by Crippen LogP contribution is 2.15. The third-order valence-electron chi connectivity index (χ3n) is 5.03. The molecule has 1 fully saturated rings. The van der Waals surface area contributed by atoms with Gasteiger partial charge in [-0.05, 0) is 31.4 Å². The Morgan fingerprint density at radius 1 is 1.17 bits per heavy atom. The smallest absolute Gasteiger partial charge is 0.226 e. The number of nitrogens with one attached hydrogen (secondary N) is 1. The quantitative estimate of drug-likeness (QED) is 0.697. The van der Waals surface area contributed by atoms with Crippen LogP contribution in [0.5, 0.6) is 0 Å². The van der Waals surface area contributed by atoms with Crippen LogP contribution in [-0.2, 0) is 35.5 Å². The molecule has 29 heavy (non-hydrogen) atoms. The van der Waals surface area contributed by atoms with Crippen LogP contribution in [0.25, 0.3) is 0 Å². The Hall–Kier alpha value is -2.25. The van der Waals surface area contributed by atoms with E-state index < -0.39 is 0 Å². The summed E-state index contributed by atoms with van der Waals surface area (Å²) < 4.78 is 10.9. The molecule has 1 aliphatic heterocycles. The number of rotatable bonds is 9. The number of benzene rings is 1. The van der Waals surface area contributed by atoms with Gasteiger partial charge in [-0.3, -0.25) is 9.69 Å². The summed E-state index contributed by atoms with van der Waals surface area (Å²) >= 11 is 0. The Morgan fingerprint density at radius 3 is 2.52 bits per heavy atom. The second-order valence-electron chi connectivity index (χ2n) is 7.86. The van der Waals surface area contributed by atoms with Gasteiger partial charge in [-0.25, -0.2) is 0 Å². The van der Waals surface area contributed by atoms with Crippen molar-refractivity contribution in [3.63, 3.8) is 0 Å². The third kappa shape index (κ3) is 6.94. The molecule has 0 saturated carbocycles. The summed E-state index contributed by atoms with van der Waals surface area (Å²) in [5.41, 5.74) is 2.39. The fraction of sp³-hybridized carbons (Fsp3) is 0.591. The van der Waals surface area contributed by atoms with E-state index in [1.54, 1.807) is 0 Å². The number of hydrogen-bond donors (Lipinski definition) is 1. The molecule has 3 rings (SSSR count). The van der Waals surface area contributed by atoms with Gasteiger partial charge in [-0.2, -0.15) is 4.98 Å². The first-order valence-corrected chi connectivity index (χ1v) is 10.6. The lowest BCUT2D eigenvalue weighted by atomic mass is 10.1. The second-order valence-corrected chi connectivity index (χ2v) is 7.86. The second kappa shape index (κ2) is 10.5. The molecule has 1 amide bonds. The summed E-state index contributed by atoms with van der Waals surface area (Å²) in [6.07, 6.45) is 3.10. The number of hydrogen-bond acceptors (Lipinski definition) is 6. The lowest BCUT2D eigenvalue weighted by molar-refractivity contribution is -0.121. The van der Waals surface area contributed by atoms with E-state index in [1.165, 1.54) is 5.56 Å². The molecule has 2 heterocycles. The molecule has 158 valence electrons. The SMILES string of the molecule is CCc1noc(CCCC(=O)NCc2ccc(CN3CC(C)OC(C)C3)cc2)n1. The molecule has 1 saturated heterocycles. The van der Waals surface area contributed by atoms with Crippen LogP contribution >= 0.6 is 0 Å². The van der Waals surface area contributed by atoms with Gasteiger partial charge in [0, 0.05) is 45.4 Å². The molecule has 7 heteroatoms. The largest absolute Gasteiger partial charge is 0.373 e. The Balaban J connectivity index is 1.36. The van der Waals surface area contributed by atoms with Crippen molar-refractivity contribution in [2.75, 3.05) is 13.1 Å². The standard InChI is InChI=1S/C22H32N4O3/c1-4-20-24-22(29-25-20)7-5-6-21(27)23-12-18-8-10-19(11-9-18)15-26-13-16(2)28-17(3)14-26/h8-11,16-17H,4-7,12-15H2,1-3H3,(H,23,27). The maximum absolute atomic E-state index is 12.1. The minimum absolute atomic E-state index is 0.0422. The predicted octanol–water partition coefficient (Wildman–Crippen LogP) is 2.88. The maximum atomic E-state index is 12.1. The van der Waals surface area contributed by atoms with Gasteiger partial charge in [-0.1, -0.05) is 36.3 Å². The van der Waals surface area contributed by atoms with Gasteiger partial charge in [0.05, 0.1) is 12.2 Å². The summed E-state index contributed by atoms with van der Waals surface area (Å²) in [6, 6.07) is 8.47. The van der Waals surface area contributed by atoms with Crippen molar-refractivity contribution in [3.05, 3.63) is 47.1 Å². The van der Waals surface area contributed by atoms with E-state index in [2.05, 4.69) is 58.5 Å². The molecule has 0 bridgehead atoms. The van der Waals surface area contributed by atoms with Gasteiger partial charge in [0.25, 0.3) is 0 Å². The highest BCUT2D eigenvalue weighted by molar-refractivity contribution is 5.75. The van der Waals surface area contributed by atoms with Gasteiger partial charge in [-0.15, -0.1) is 0 Å². The van der Waals surface area contributed by atoms with Crippen molar-refractivity contribution in [1.29, 1.82) is 0 Å². The van der Waals surface area contributed by atoms with E-state index in [4.69, 9.17) is 9.26 Å². The molecule has 2 aromatic rings. The van der Waals surface area contributed by atoms with E-state index in [1.807, 2.05) is 6.92 Å². The predicted molar refractivity (Wildman–Crippen MR) is 110 cm³/mol. The van der Waals surface area contributed by atoms with E-state index in [-0.39, 0.29) is 18.1 Å². The first kappa shape index (κ1) is 21.5. The Kier molecular flexibility index (Phi) is 7.77. The highest BCUT2D eigenvalue weighted by atomic mass is 16.5. The van der Waals surface area contributed by atoms with E-state index in [0.717, 1.165) is 31.6 Å². The van der Waals surface area contributed by atoms with Gasteiger partial charge >= 0.3 is 0 Å². The minimum Gasteiger partial charge on any atom is -0.373 e. The highest BCUT2D eigenvalue weighted by Gasteiger charge is 2.21. The summed E-state index contributed by atoms with van der Waals surface area (Å²) in [4.78, 5) is 18.8. The topological polar surface area (TPSA) is 80.5 Å². The van der Waals surface area contributed by atoms with Crippen LogP contribution < -0.4 is 5.32 Å². The zero-order chi connectivity index (χ0) is 20.6. The molecule has 0 radical (unpaired) electrons.